The van der Waals surface area contributed by atoms with Gasteiger partial charge >= 0.3 is 54.4 Å². The SMILES string of the molecule is CC(C)[Si](C)=[Hf+2]. The van der Waals surface area contributed by atoms with Crippen LogP contribution in [0.25, 0.3) is 0 Å². The van der Waals surface area contributed by atoms with E-state index in [1.807, 2.05) is 0 Å². The molecule has 0 N–H and O–H groups in total. The van der Waals surface area contributed by atoms with Crippen molar-refractivity contribution in [2.24, 2.45) is 0 Å². The van der Waals surface area contributed by atoms with Crippen LogP contribution >= 0.6 is 0 Å². The second-order valence-electron chi connectivity index (χ2n) is 1.84. The Labute approximate surface area is 54.4 Å². The van der Waals surface area contributed by atoms with Gasteiger partial charge in [-0.25, -0.2) is 0 Å². The average molecular weight is 265 g/mol. The molecule has 32 valence electrons. The first-order valence-electron chi connectivity index (χ1n) is 2.19. The normalized spacial score (nSPS) is 9.67. The second kappa shape index (κ2) is 3.14. The van der Waals surface area contributed by atoms with Gasteiger partial charge in [0.25, 0.3) is 0 Å². The molecular weight excluding hydrogens is 255 g/mol. The summed E-state index contributed by atoms with van der Waals surface area (Å²) in [5.74, 6) is 0. The topological polar surface area (TPSA) is 0 Å². The molecule has 0 unspecified atom stereocenters. The maximum absolute atomic E-state index is 2.40. The van der Waals surface area contributed by atoms with Gasteiger partial charge in [0.05, 0.1) is 0 Å². The van der Waals surface area contributed by atoms with Crippen molar-refractivity contribution in [2.75, 3.05) is 0 Å². The van der Waals surface area contributed by atoms with Crippen LogP contribution in [0, 0.1) is 0 Å². The van der Waals surface area contributed by atoms with Crippen LogP contribution in [-0.4, -0.2) is 5.49 Å². The predicted molar refractivity (Wildman–Crippen MR) is 26.7 cm³/mol. The van der Waals surface area contributed by atoms with Crippen molar-refractivity contribution in [1.29, 1.82) is 0 Å². The number of rotatable bonds is 1. The Morgan fingerprint density at radius 2 is 1.67 bits per heavy atom. The first-order valence-corrected chi connectivity index (χ1v) is 9.66. The van der Waals surface area contributed by atoms with Crippen LogP contribution in [0.5, 0.6) is 0 Å². The Balaban J connectivity index is 3.26. The minimum atomic E-state index is 0.187. The van der Waals surface area contributed by atoms with E-state index in [-0.39, 0.29) is 5.49 Å². The summed E-state index contributed by atoms with van der Waals surface area (Å²) in [4.78, 5) is 0. The van der Waals surface area contributed by atoms with Crippen LogP contribution in [0.4, 0.5) is 0 Å². The summed E-state index contributed by atoms with van der Waals surface area (Å²) in [7, 11) is 0. The molecule has 0 amide bonds. The average Bonchev–Trinajstić information content (AvgIpc) is 1.36. The molecule has 2 heteroatoms. The minimum absolute atomic E-state index is 0.187. The van der Waals surface area contributed by atoms with Crippen molar-refractivity contribution in [2.45, 2.75) is 25.9 Å². The quantitative estimate of drug-likeness (QED) is 0.631. The summed E-state index contributed by atoms with van der Waals surface area (Å²) in [5, 5.41) is 0. The zero-order chi connectivity index (χ0) is 5.15. The van der Waals surface area contributed by atoms with Crippen LogP contribution in [0.1, 0.15) is 13.8 Å². The molecule has 0 aromatic rings. The first-order chi connectivity index (χ1) is 2.64. The summed E-state index contributed by atoms with van der Waals surface area (Å²) >= 11 is 1.46. The number of hydrogen-bond acceptors (Lipinski definition) is 0. The van der Waals surface area contributed by atoms with Gasteiger partial charge in [0.15, 0.2) is 0 Å². The molecule has 0 radical (unpaired) electrons. The molecule has 0 saturated carbocycles. The first kappa shape index (κ1) is 7.09. The molecule has 0 aromatic heterocycles. The van der Waals surface area contributed by atoms with Gasteiger partial charge in [0.1, 0.15) is 0 Å². The van der Waals surface area contributed by atoms with Crippen LogP contribution in [0.15, 0.2) is 0 Å². The Bertz CT molecular complexity index is 58.6. The molecule has 0 bridgehead atoms. The van der Waals surface area contributed by atoms with Gasteiger partial charge in [-0.15, -0.1) is 0 Å². The van der Waals surface area contributed by atoms with E-state index >= 15 is 0 Å². The molecule has 0 spiro atoms. The van der Waals surface area contributed by atoms with Gasteiger partial charge in [-0.1, -0.05) is 0 Å². The molecule has 0 rings (SSSR count). The number of hydrogen-bond donors (Lipinski definition) is 0. The third kappa shape index (κ3) is 3.28. The van der Waals surface area contributed by atoms with Crippen molar-refractivity contribution in [3.8, 4) is 0 Å². The Kier molecular flexibility index (Phi) is 3.70. The summed E-state index contributed by atoms with van der Waals surface area (Å²) in [5.41, 5.74) is 1.20. The van der Waals surface area contributed by atoms with E-state index < -0.39 is 0 Å². The van der Waals surface area contributed by atoms with Crippen LogP contribution in [0.2, 0.25) is 12.1 Å². The Morgan fingerprint density at radius 1 is 1.50 bits per heavy atom. The van der Waals surface area contributed by atoms with Crippen LogP contribution in [-0.2, 0) is 23.0 Å². The van der Waals surface area contributed by atoms with Crippen molar-refractivity contribution in [3.05, 3.63) is 0 Å². The monoisotopic (exact) mass is 266 g/mol. The fraction of sp³-hybridized carbons (Fsp3) is 1.00. The molecule has 0 aliphatic carbocycles. The molecule has 0 fully saturated rings. The van der Waals surface area contributed by atoms with Crippen molar-refractivity contribution in [1.82, 2.24) is 0 Å². The second-order valence-corrected chi connectivity index (χ2v) is 12.9. The summed E-state index contributed by atoms with van der Waals surface area (Å²) in [6, 6.07) is 0. The molecular formula is C4H10HfSi+2. The summed E-state index contributed by atoms with van der Waals surface area (Å²) in [6.07, 6.45) is 0. The zero-order valence-electron chi connectivity index (χ0n) is 4.58. The predicted octanol–water partition coefficient (Wildman–Crippen LogP) is 1.56. The van der Waals surface area contributed by atoms with Crippen molar-refractivity contribution >= 4 is 5.49 Å². The van der Waals surface area contributed by atoms with E-state index in [4.69, 9.17) is 0 Å². The van der Waals surface area contributed by atoms with E-state index in [0.717, 1.165) is 5.54 Å². The summed E-state index contributed by atoms with van der Waals surface area (Å²) in [6.45, 7) is 7.05. The summed E-state index contributed by atoms with van der Waals surface area (Å²) < 4.78 is 0. The van der Waals surface area contributed by atoms with Crippen LogP contribution < -0.4 is 0 Å². The van der Waals surface area contributed by atoms with E-state index in [1.165, 1.54) is 23.0 Å². The van der Waals surface area contributed by atoms with E-state index in [1.54, 1.807) is 0 Å². The molecule has 0 nitrogen and oxygen atoms in total. The van der Waals surface area contributed by atoms with Crippen molar-refractivity contribution < 1.29 is 23.0 Å². The van der Waals surface area contributed by atoms with E-state index in [0.29, 0.717) is 0 Å². The molecule has 0 heterocycles. The molecule has 0 aromatic carbocycles. The zero-order valence-corrected chi connectivity index (χ0v) is 9.17. The van der Waals surface area contributed by atoms with Gasteiger partial charge in [0, 0.05) is 0 Å². The fourth-order valence-electron chi connectivity index (χ4n) is 0. The Hall–Kier alpha value is 1.09. The third-order valence-electron chi connectivity index (χ3n) is 0.866. The van der Waals surface area contributed by atoms with Crippen LogP contribution in [0.3, 0.4) is 0 Å². The van der Waals surface area contributed by atoms with Gasteiger partial charge in [-0.05, 0) is 0 Å². The van der Waals surface area contributed by atoms with Gasteiger partial charge in [-0.2, -0.15) is 0 Å². The van der Waals surface area contributed by atoms with Gasteiger partial charge < -0.3 is 0 Å². The molecule has 0 atom stereocenters. The molecule has 6 heavy (non-hydrogen) atoms. The third-order valence-corrected chi connectivity index (χ3v) is 8.82. The van der Waals surface area contributed by atoms with E-state index in [9.17, 15) is 0 Å². The fourth-order valence-corrected chi connectivity index (χ4v) is 0. The Morgan fingerprint density at radius 3 is 1.67 bits per heavy atom. The standard InChI is InChI=1S/C4H10Si.Hf/c1-4(2)5-3;/h4H,1-3H3;/q;+2. The molecule has 0 aliphatic rings. The molecule has 0 aliphatic heterocycles. The van der Waals surface area contributed by atoms with E-state index in [2.05, 4.69) is 20.4 Å². The molecule has 0 saturated heterocycles. The van der Waals surface area contributed by atoms with Gasteiger partial charge in [-0.3, -0.25) is 0 Å². The van der Waals surface area contributed by atoms with Gasteiger partial charge in [0.2, 0.25) is 0 Å². The van der Waals surface area contributed by atoms with Crippen molar-refractivity contribution in [3.63, 3.8) is 0 Å². The maximum atomic E-state index is 2.40.